The van der Waals surface area contributed by atoms with E-state index in [2.05, 4.69) is 22.0 Å². The van der Waals surface area contributed by atoms with Crippen molar-refractivity contribution in [1.82, 2.24) is 0 Å². The van der Waals surface area contributed by atoms with Gasteiger partial charge in [0.15, 0.2) is 0 Å². The van der Waals surface area contributed by atoms with Gasteiger partial charge in [-0.3, -0.25) is 0 Å². The van der Waals surface area contributed by atoms with Gasteiger partial charge in [-0.1, -0.05) is 35.9 Å². The van der Waals surface area contributed by atoms with Crippen LogP contribution < -0.4 is 0 Å². The van der Waals surface area contributed by atoms with Crippen molar-refractivity contribution in [2.45, 2.75) is 26.4 Å². The van der Waals surface area contributed by atoms with Crippen molar-refractivity contribution in [3.63, 3.8) is 0 Å². The van der Waals surface area contributed by atoms with Crippen molar-refractivity contribution >= 4 is 15.9 Å². The summed E-state index contributed by atoms with van der Waals surface area (Å²) in [5, 5.41) is 9.35. The maximum absolute atomic E-state index is 9.35. The Balaban J connectivity index is 2.76. The van der Waals surface area contributed by atoms with Gasteiger partial charge >= 0.3 is 0 Å². The minimum absolute atomic E-state index is 0.0289. The van der Waals surface area contributed by atoms with Crippen molar-refractivity contribution in [3.8, 4) is 0 Å². The predicted octanol–water partition coefficient (Wildman–Crippen LogP) is 2.06. The van der Waals surface area contributed by atoms with Gasteiger partial charge in [0.1, 0.15) is 0 Å². The molecule has 2 heteroatoms. The Hall–Kier alpha value is 0.180. The third-order valence-electron chi connectivity index (χ3n) is 1.78. The largest absolute Gasteiger partial charge is 0.392 e. The van der Waals surface area contributed by atoms with E-state index < -0.39 is 0 Å². The number of hydrogen-bond acceptors (Lipinski definition) is 1. The first-order chi connectivity index (χ1) is 4.02. The fraction of sp³-hybridized carbons (Fsp3) is 0.714. The van der Waals surface area contributed by atoms with Crippen LogP contribution in [0.3, 0.4) is 0 Å². The van der Waals surface area contributed by atoms with Gasteiger partial charge in [-0.15, -0.1) is 0 Å². The molecule has 0 aliphatic heterocycles. The van der Waals surface area contributed by atoms with Crippen LogP contribution in [0.4, 0.5) is 0 Å². The SMILES string of the molecule is CC1(C)C=C(Br)C[C@H]1O. The zero-order valence-electron chi connectivity index (χ0n) is 5.69. The fourth-order valence-corrected chi connectivity index (χ4v) is 1.90. The molecule has 1 N–H and O–H groups in total. The van der Waals surface area contributed by atoms with Crippen molar-refractivity contribution < 1.29 is 5.11 Å². The summed E-state index contributed by atoms with van der Waals surface area (Å²) in [6, 6.07) is 0. The Kier molecular flexibility index (Phi) is 1.70. The maximum atomic E-state index is 9.35. The third-order valence-corrected chi connectivity index (χ3v) is 2.33. The van der Waals surface area contributed by atoms with Crippen LogP contribution >= 0.6 is 15.9 Å². The van der Waals surface area contributed by atoms with Gasteiger partial charge in [0.25, 0.3) is 0 Å². The summed E-state index contributed by atoms with van der Waals surface area (Å²) in [6.07, 6.45) is 2.64. The average molecular weight is 191 g/mol. The molecular formula is C7H11BrO. The Morgan fingerprint density at radius 3 is 2.44 bits per heavy atom. The van der Waals surface area contributed by atoms with Crippen LogP contribution in [0.25, 0.3) is 0 Å². The van der Waals surface area contributed by atoms with E-state index in [4.69, 9.17) is 0 Å². The summed E-state index contributed by atoms with van der Waals surface area (Å²) in [5.41, 5.74) is -0.0289. The molecule has 0 heterocycles. The highest BCUT2D eigenvalue weighted by Crippen LogP contribution is 2.37. The molecule has 0 aromatic heterocycles. The van der Waals surface area contributed by atoms with Crippen molar-refractivity contribution in [2.75, 3.05) is 0 Å². The molecule has 0 amide bonds. The third kappa shape index (κ3) is 1.36. The number of hydrogen-bond donors (Lipinski definition) is 1. The second-order valence-corrected chi connectivity index (χ2v) is 4.15. The lowest BCUT2D eigenvalue weighted by Gasteiger charge is -2.19. The lowest BCUT2D eigenvalue weighted by Crippen LogP contribution is -2.21. The molecular weight excluding hydrogens is 180 g/mol. The standard InChI is InChI=1S/C7H11BrO/c1-7(2)4-5(8)3-6(7)9/h4,6,9H,3H2,1-2H3/t6-/m1/s1. The van der Waals surface area contributed by atoms with Crippen LogP contribution in [0.5, 0.6) is 0 Å². The van der Waals surface area contributed by atoms with Crippen LogP contribution in [0.15, 0.2) is 10.6 Å². The molecule has 1 rings (SSSR count). The molecule has 9 heavy (non-hydrogen) atoms. The molecule has 0 radical (unpaired) electrons. The molecule has 0 aromatic carbocycles. The molecule has 1 aliphatic rings. The molecule has 0 aromatic rings. The second kappa shape index (κ2) is 2.10. The van der Waals surface area contributed by atoms with Gasteiger partial charge in [-0.2, -0.15) is 0 Å². The fourth-order valence-electron chi connectivity index (χ4n) is 1.01. The smallest absolute Gasteiger partial charge is 0.0671 e. The highest BCUT2D eigenvalue weighted by molar-refractivity contribution is 9.11. The van der Waals surface area contributed by atoms with Crippen LogP contribution in [-0.4, -0.2) is 11.2 Å². The average Bonchev–Trinajstić information content (AvgIpc) is 1.79. The Labute approximate surface area is 63.9 Å². The molecule has 1 atom stereocenters. The van der Waals surface area contributed by atoms with Gasteiger partial charge in [0.2, 0.25) is 0 Å². The lowest BCUT2D eigenvalue weighted by atomic mass is 9.91. The topological polar surface area (TPSA) is 20.2 Å². The maximum Gasteiger partial charge on any atom is 0.0671 e. The summed E-state index contributed by atoms with van der Waals surface area (Å²) in [6.45, 7) is 4.07. The number of aliphatic hydroxyl groups excluding tert-OH is 1. The first-order valence-electron chi connectivity index (χ1n) is 3.08. The minimum Gasteiger partial charge on any atom is -0.392 e. The molecule has 0 saturated heterocycles. The van der Waals surface area contributed by atoms with E-state index in [9.17, 15) is 5.11 Å². The molecule has 1 aliphatic carbocycles. The number of halogens is 1. The van der Waals surface area contributed by atoms with E-state index in [1.54, 1.807) is 0 Å². The molecule has 0 spiro atoms. The second-order valence-electron chi connectivity index (χ2n) is 3.13. The first kappa shape index (κ1) is 7.29. The lowest BCUT2D eigenvalue weighted by molar-refractivity contribution is 0.0966. The van der Waals surface area contributed by atoms with E-state index in [-0.39, 0.29) is 11.5 Å². The summed E-state index contributed by atoms with van der Waals surface area (Å²) in [7, 11) is 0. The molecule has 0 bridgehead atoms. The molecule has 0 unspecified atom stereocenters. The highest BCUT2D eigenvalue weighted by Gasteiger charge is 2.31. The van der Waals surface area contributed by atoms with Gasteiger partial charge < -0.3 is 5.11 Å². The quantitative estimate of drug-likeness (QED) is 0.621. The molecule has 0 saturated carbocycles. The number of rotatable bonds is 0. The summed E-state index contributed by atoms with van der Waals surface area (Å²) < 4.78 is 1.13. The summed E-state index contributed by atoms with van der Waals surface area (Å²) in [4.78, 5) is 0. The van der Waals surface area contributed by atoms with E-state index in [0.29, 0.717) is 0 Å². The Bertz CT molecular complexity index is 149. The highest BCUT2D eigenvalue weighted by atomic mass is 79.9. The molecule has 1 nitrogen and oxygen atoms in total. The van der Waals surface area contributed by atoms with Crippen LogP contribution in [0.2, 0.25) is 0 Å². The molecule has 52 valence electrons. The summed E-state index contributed by atoms with van der Waals surface area (Å²) in [5.74, 6) is 0. The Morgan fingerprint density at radius 2 is 2.33 bits per heavy atom. The van der Waals surface area contributed by atoms with Crippen molar-refractivity contribution in [3.05, 3.63) is 10.6 Å². The predicted molar refractivity (Wildman–Crippen MR) is 41.4 cm³/mol. The van der Waals surface area contributed by atoms with Crippen molar-refractivity contribution in [1.29, 1.82) is 0 Å². The van der Waals surface area contributed by atoms with E-state index in [1.807, 2.05) is 13.8 Å². The van der Waals surface area contributed by atoms with Gasteiger partial charge in [0, 0.05) is 11.8 Å². The van der Waals surface area contributed by atoms with E-state index >= 15 is 0 Å². The van der Waals surface area contributed by atoms with Crippen molar-refractivity contribution in [2.24, 2.45) is 5.41 Å². The normalized spacial score (nSPS) is 32.4. The van der Waals surface area contributed by atoms with Gasteiger partial charge in [-0.25, -0.2) is 0 Å². The Morgan fingerprint density at radius 1 is 1.78 bits per heavy atom. The first-order valence-corrected chi connectivity index (χ1v) is 3.87. The molecule has 0 fully saturated rings. The van der Waals surface area contributed by atoms with Crippen LogP contribution in [0, 0.1) is 5.41 Å². The zero-order valence-corrected chi connectivity index (χ0v) is 7.27. The van der Waals surface area contributed by atoms with Crippen LogP contribution in [-0.2, 0) is 0 Å². The minimum atomic E-state index is -0.202. The van der Waals surface area contributed by atoms with Gasteiger partial charge in [0.05, 0.1) is 6.10 Å². The van der Waals surface area contributed by atoms with E-state index in [1.165, 1.54) is 0 Å². The van der Waals surface area contributed by atoms with Gasteiger partial charge in [-0.05, 0) is 4.48 Å². The zero-order chi connectivity index (χ0) is 7.07. The monoisotopic (exact) mass is 190 g/mol. The van der Waals surface area contributed by atoms with Crippen LogP contribution in [0.1, 0.15) is 20.3 Å². The summed E-state index contributed by atoms with van der Waals surface area (Å²) >= 11 is 3.36. The van der Waals surface area contributed by atoms with E-state index in [0.717, 1.165) is 10.9 Å². The number of aliphatic hydroxyl groups is 1.